The van der Waals surface area contributed by atoms with E-state index in [1.807, 2.05) is 6.07 Å². The summed E-state index contributed by atoms with van der Waals surface area (Å²) >= 11 is 0. The van der Waals surface area contributed by atoms with Crippen LogP contribution in [0, 0.1) is 13.8 Å². The number of aryl methyl sites for hydroxylation is 1. The van der Waals surface area contributed by atoms with Crippen molar-refractivity contribution in [1.29, 1.82) is 0 Å². The first-order valence-corrected chi connectivity index (χ1v) is 7.64. The average Bonchev–Trinajstić information content (AvgIpc) is 2.46. The summed E-state index contributed by atoms with van der Waals surface area (Å²) in [5.74, 6) is 1.64. The van der Waals surface area contributed by atoms with Crippen LogP contribution < -0.4 is 10.1 Å². The van der Waals surface area contributed by atoms with E-state index in [-0.39, 0.29) is 0 Å². The van der Waals surface area contributed by atoms with Crippen LogP contribution in [-0.4, -0.2) is 13.2 Å². The van der Waals surface area contributed by atoms with Crippen LogP contribution in [0.4, 0.5) is 5.69 Å². The molecule has 1 saturated carbocycles. The molecule has 0 spiro atoms. The molecule has 110 valence electrons. The van der Waals surface area contributed by atoms with Gasteiger partial charge in [-0.05, 0) is 61.4 Å². The Hall–Kier alpha value is -1.96. The minimum atomic E-state index is 0.570. The second kappa shape index (κ2) is 5.80. The fourth-order valence-corrected chi connectivity index (χ4v) is 3.12. The van der Waals surface area contributed by atoms with Gasteiger partial charge in [-0.1, -0.05) is 30.3 Å². The third kappa shape index (κ3) is 2.76. The number of methoxy groups -OCH3 is 1. The highest BCUT2D eigenvalue weighted by atomic mass is 16.5. The van der Waals surface area contributed by atoms with Crippen molar-refractivity contribution in [3.8, 4) is 5.75 Å². The molecule has 0 amide bonds. The Kier molecular flexibility index (Phi) is 3.87. The number of hydrogen-bond acceptors (Lipinski definition) is 2. The summed E-state index contributed by atoms with van der Waals surface area (Å²) in [5.41, 5.74) is 5.33. The molecule has 0 aromatic heterocycles. The molecular weight excluding hydrogens is 258 g/mol. The summed E-state index contributed by atoms with van der Waals surface area (Å²) in [4.78, 5) is 0. The lowest BCUT2D eigenvalue weighted by atomic mass is 9.75. The van der Waals surface area contributed by atoms with Crippen molar-refractivity contribution in [3.63, 3.8) is 0 Å². The number of rotatable bonds is 4. The molecule has 3 rings (SSSR count). The Morgan fingerprint density at radius 2 is 1.76 bits per heavy atom. The monoisotopic (exact) mass is 281 g/mol. The van der Waals surface area contributed by atoms with Gasteiger partial charge in [0.25, 0.3) is 0 Å². The summed E-state index contributed by atoms with van der Waals surface area (Å²) in [5, 5.41) is 3.68. The second-order valence-electron chi connectivity index (χ2n) is 6.00. The highest BCUT2D eigenvalue weighted by Crippen LogP contribution is 2.42. The van der Waals surface area contributed by atoms with Crippen molar-refractivity contribution >= 4 is 5.69 Å². The Morgan fingerprint density at radius 3 is 2.52 bits per heavy atom. The van der Waals surface area contributed by atoms with Gasteiger partial charge in [-0.15, -0.1) is 0 Å². The Bertz CT molecular complexity index is 629. The molecule has 0 atom stereocenters. The normalized spacial score (nSPS) is 20.7. The number of nitrogens with one attached hydrogen (secondary N) is 1. The summed E-state index contributed by atoms with van der Waals surface area (Å²) in [6, 6.07) is 15.4. The minimum Gasteiger partial charge on any atom is -0.496 e. The molecule has 0 radical (unpaired) electrons. The molecule has 2 aromatic rings. The summed E-state index contributed by atoms with van der Waals surface area (Å²) in [6.45, 7) is 4.35. The van der Waals surface area contributed by atoms with Crippen LogP contribution in [0.25, 0.3) is 0 Å². The van der Waals surface area contributed by atoms with Gasteiger partial charge in [-0.3, -0.25) is 0 Å². The van der Waals surface area contributed by atoms with Crippen molar-refractivity contribution in [3.05, 3.63) is 59.2 Å². The van der Waals surface area contributed by atoms with Crippen LogP contribution >= 0.6 is 0 Å². The molecule has 0 saturated heterocycles. The zero-order chi connectivity index (χ0) is 14.8. The largest absolute Gasteiger partial charge is 0.496 e. The SMILES string of the molecule is COc1ccccc1C1CC(Nc2cccc(C)c2C)C1. The molecule has 1 fully saturated rings. The first-order chi connectivity index (χ1) is 10.2. The van der Waals surface area contributed by atoms with Gasteiger partial charge in [0.05, 0.1) is 7.11 Å². The van der Waals surface area contributed by atoms with E-state index in [9.17, 15) is 0 Å². The zero-order valence-electron chi connectivity index (χ0n) is 13.0. The molecule has 1 aliphatic rings. The molecule has 1 N–H and O–H groups in total. The number of ether oxygens (including phenoxy) is 1. The Balaban J connectivity index is 1.65. The summed E-state index contributed by atoms with van der Waals surface area (Å²) in [7, 11) is 1.75. The van der Waals surface area contributed by atoms with E-state index in [1.54, 1.807) is 7.11 Å². The predicted octanol–water partition coefficient (Wildman–Crippen LogP) is 4.67. The van der Waals surface area contributed by atoms with Crippen LogP contribution in [-0.2, 0) is 0 Å². The second-order valence-corrected chi connectivity index (χ2v) is 6.00. The van der Waals surface area contributed by atoms with Crippen LogP contribution in [0.3, 0.4) is 0 Å². The van der Waals surface area contributed by atoms with E-state index in [0.29, 0.717) is 12.0 Å². The van der Waals surface area contributed by atoms with Gasteiger partial charge in [0.15, 0.2) is 0 Å². The lowest BCUT2D eigenvalue weighted by Gasteiger charge is -2.37. The van der Waals surface area contributed by atoms with Gasteiger partial charge < -0.3 is 10.1 Å². The maximum absolute atomic E-state index is 5.47. The van der Waals surface area contributed by atoms with Crippen LogP contribution in [0.2, 0.25) is 0 Å². The van der Waals surface area contributed by atoms with E-state index in [1.165, 1.54) is 35.2 Å². The number of anilines is 1. The van der Waals surface area contributed by atoms with Crippen molar-refractivity contribution < 1.29 is 4.74 Å². The molecule has 21 heavy (non-hydrogen) atoms. The van der Waals surface area contributed by atoms with E-state index in [4.69, 9.17) is 4.74 Å². The van der Waals surface area contributed by atoms with Crippen molar-refractivity contribution in [1.82, 2.24) is 0 Å². The van der Waals surface area contributed by atoms with E-state index in [2.05, 4.69) is 55.6 Å². The van der Waals surface area contributed by atoms with Gasteiger partial charge in [0.2, 0.25) is 0 Å². The highest BCUT2D eigenvalue weighted by Gasteiger charge is 2.32. The third-order valence-electron chi connectivity index (χ3n) is 4.68. The standard InChI is InChI=1S/C19H23NO/c1-13-7-6-9-18(14(13)2)20-16-11-15(12-16)17-8-4-5-10-19(17)21-3/h4-10,15-16,20H,11-12H2,1-3H3. The number of benzene rings is 2. The minimum absolute atomic E-state index is 0.570. The van der Waals surface area contributed by atoms with Crippen LogP contribution in [0.15, 0.2) is 42.5 Å². The van der Waals surface area contributed by atoms with Gasteiger partial charge >= 0.3 is 0 Å². The van der Waals surface area contributed by atoms with Crippen LogP contribution in [0.1, 0.15) is 35.4 Å². The zero-order valence-corrected chi connectivity index (χ0v) is 13.0. The van der Waals surface area contributed by atoms with Crippen LogP contribution in [0.5, 0.6) is 5.75 Å². The first-order valence-electron chi connectivity index (χ1n) is 7.64. The molecule has 1 aliphatic carbocycles. The molecule has 2 aromatic carbocycles. The molecule has 0 unspecified atom stereocenters. The molecule has 0 bridgehead atoms. The Labute approximate surface area is 127 Å². The fourth-order valence-electron chi connectivity index (χ4n) is 3.12. The lowest BCUT2D eigenvalue weighted by Crippen LogP contribution is -2.34. The number of hydrogen-bond donors (Lipinski definition) is 1. The fraction of sp³-hybridized carbons (Fsp3) is 0.368. The lowest BCUT2D eigenvalue weighted by molar-refractivity contribution is 0.349. The average molecular weight is 281 g/mol. The van der Waals surface area contributed by atoms with Gasteiger partial charge in [0.1, 0.15) is 5.75 Å². The summed E-state index contributed by atoms with van der Waals surface area (Å²) in [6.07, 6.45) is 2.35. The maximum Gasteiger partial charge on any atom is 0.122 e. The first kappa shape index (κ1) is 14.0. The molecule has 0 aliphatic heterocycles. The molecular formula is C19H23NO. The smallest absolute Gasteiger partial charge is 0.122 e. The number of para-hydroxylation sites is 1. The molecule has 2 heteroatoms. The van der Waals surface area contributed by atoms with E-state index >= 15 is 0 Å². The molecule has 0 heterocycles. The quantitative estimate of drug-likeness (QED) is 0.879. The Morgan fingerprint density at radius 1 is 1.00 bits per heavy atom. The maximum atomic E-state index is 5.47. The van der Waals surface area contributed by atoms with Crippen molar-refractivity contribution in [2.45, 2.75) is 38.6 Å². The van der Waals surface area contributed by atoms with Crippen molar-refractivity contribution in [2.75, 3.05) is 12.4 Å². The molecule has 2 nitrogen and oxygen atoms in total. The topological polar surface area (TPSA) is 21.3 Å². The van der Waals surface area contributed by atoms with Gasteiger partial charge in [0, 0.05) is 11.7 Å². The highest BCUT2D eigenvalue weighted by molar-refractivity contribution is 5.55. The van der Waals surface area contributed by atoms with Crippen molar-refractivity contribution in [2.24, 2.45) is 0 Å². The van der Waals surface area contributed by atoms with E-state index in [0.717, 1.165) is 5.75 Å². The van der Waals surface area contributed by atoms with Gasteiger partial charge in [-0.25, -0.2) is 0 Å². The third-order valence-corrected chi connectivity index (χ3v) is 4.68. The summed E-state index contributed by atoms with van der Waals surface area (Å²) < 4.78 is 5.47. The van der Waals surface area contributed by atoms with Gasteiger partial charge in [-0.2, -0.15) is 0 Å². The van der Waals surface area contributed by atoms with E-state index < -0.39 is 0 Å². The predicted molar refractivity (Wildman–Crippen MR) is 88.3 cm³/mol.